The molecule has 8 nitrogen and oxygen atoms in total. The van der Waals surface area contributed by atoms with Crippen LogP contribution >= 0.6 is 0 Å². The topological polar surface area (TPSA) is 77.2 Å². The molecule has 2 aliphatic heterocycles. The van der Waals surface area contributed by atoms with E-state index in [1.807, 2.05) is 11.8 Å². The van der Waals surface area contributed by atoms with Gasteiger partial charge in [-0.3, -0.25) is 14.6 Å². The van der Waals surface area contributed by atoms with E-state index in [0.717, 1.165) is 39.4 Å². The molecular weight excluding hydrogens is 322 g/mol. The zero-order valence-electron chi connectivity index (χ0n) is 15.8. The first-order chi connectivity index (χ1) is 11.9. The van der Waals surface area contributed by atoms with E-state index in [2.05, 4.69) is 34.3 Å². The summed E-state index contributed by atoms with van der Waals surface area (Å²) < 4.78 is 5.40. The molecule has 0 unspecified atom stereocenters. The van der Waals surface area contributed by atoms with Crippen LogP contribution in [0.15, 0.2) is 0 Å². The lowest BCUT2D eigenvalue weighted by Gasteiger charge is -2.41. The number of hydrogen-bond acceptors (Lipinski definition) is 5. The second kappa shape index (κ2) is 9.35. The molecule has 2 rings (SSSR count). The minimum Gasteiger partial charge on any atom is -0.379 e. The number of morpholine rings is 1. The van der Waals surface area contributed by atoms with Gasteiger partial charge < -0.3 is 20.3 Å². The highest BCUT2D eigenvalue weighted by molar-refractivity contribution is 5.78. The number of rotatable bonds is 6. The molecule has 144 valence electrons. The van der Waals surface area contributed by atoms with Gasteiger partial charge in [0.1, 0.15) is 0 Å². The van der Waals surface area contributed by atoms with Crippen molar-refractivity contribution in [1.29, 1.82) is 0 Å². The average Bonchev–Trinajstić information content (AvgIpc) is 2.61. The van der Waals surface area contributed by atoms with Crippen LogP contribution in [0.4, 0.5) is 4.79 Å². The molecule has 2 fully saturated rings. The van der Waals surface area contributed by atoms with Crippen LogP contribution in [-0.2, 0) is 9.53 Å². The van der Waals surface area contributed by atoms with Gasteiger partial charge in [-0.25, -0.2) is 4.79 Å². The number of hydrogen-bond donors (Lipinski definition) is 2. The van der Waals surface area contributed by atoms with E-state index in [-0.39, 0.29) is 17.5 Å². The number of urea groups is 1. The largest absolute Gasteiger partial charge is 0.379 e. The van der Waals surface area contributed by atoms with Crippen molar-refractivity contribution in [2.45, 2.75) is 26.3 Å². The third-order valence-corrected chi connectivity index (χ3v) is 4.94. The highest BCUT2D eigenvalue weighted by Crippen LogP contribution is 2.15. The van der Waals surface area contributed by atoms with E-state index in [4.69, 9.17) is 4.74 Å². The molecule has 3 amide bonds. The minimum atomic E-state index is -0.0838. The number of ether oxygens (including phenoxy) is 1. The smallest absolute Gasteiger partial charge is 0.317 e. The molecule has 0 saturated carbocycles. The Kier molecular flexibility index (Phi) is 7.46. The first kappa shape index (κ1) is 19.9. The fourth-order valence-electron chi connectivity index (χ4n) is 3.25. The number of carbonyl (C=O) groups excluding carboxylic acids is 2. The summed E-state index contributed by atoms with van der Waals surface area (Å²) >= 11 is 0. The second-order valence-electron chi connectivity index (χ2n) is 7.29. The van der Waals surface area contributed by atoms with Crippen LogP contribution in [0.2, 0.25) is 0 Å². The third kappa shape index (κ3) is 6.13. The number of likely N-dealkylation sites (N-methyl/N-ethyl adjacent to an activating group) is 1. The molecule has 25 heavy (non-hydrogen) atoms. The summed E-state index contributed by atoms with van der Waals surface area (Å²) in [6.07, 6.45) is 0. The van der Waals surface area contributed by atoms with Crippen molar-refractivity contribution >= 4 is 11.9 Å². The third-order valence-electron chi connectivity index (χ3n) is 4.94. The van der Waals surface area contributed by atoms with Crippen LogP contribution in [0.1, 0.15) is 20.8 Å². The summed E-state index contributed by atoms with van der Waals surface area (Å²) in [6, 6.07) is -0.0148. The molecule has 2 heterocycles. The molecule has 2 aliphatic rings. The van der Waals surface area contributed by atoms with Crippen LogP contribution < -0.4 is 10.6 Å². The van der Waals surface area contributed by atoms with Gasteiger partial charge in [0.05, 0.1) is 19.8 Å². The van der Waals surface area contributed by atoms with Gasteiger partial charge in [-0.05, 0) is 20.8 Å². The lowest BCUT2D eigenvalue weighted by atomic mass is 10.0. The predicted molar refractivity (Wildman–Crippen MR) is 96.6 cm³/mol. The number of piperazine rings is 1. The maximum absolute atomic E-state index is 12.4. The van der Waals surface area contributed by atoms with Gasteiger partial charge in [0.15, 0.2) is 0 Å². The van der Waals surface area contributed by atoms with Crippen molar-refractivity contribution in [3.63, 3.8) is 0 Å². The SMILES string of the molecule is CCNC(=O)CN1CCN(C(=O)NCC(C)(C)N2CCOCC2)CC1. The van der Waals surface area contributed by atoms with Gasteiger partial charge in [0.25, 0.3) is 0 Å². The maximum Gasteiger partial charge on any atom is 0.317 e. The van der Waals surface area contributed by atoms with E-state index in [1.54, 1.807) is 0 Å². The number of nitrogens with one attached hydrogen (secondary N) is 2. The van der Waals surface area contributed by atoms with Crippen molar-refractivity contribution in [1.82, 2.24) is 25.3 Å². The zero-order valence-corrected chi connectivity index (χ0v) is 15.8. The molecule has 0 bridgehead atoms. The van der Waals surface area contributed by atoms with Crippen LogP contribution in [0.5, 0.6) is 0 Å². The Morgan fingerprint density at radius 2 is 1.64 bits per heavy atom. The van der Waals surface area contributed by atoms with Crippen molar-refractivity contribution in [3.05, 3.63) is 0 Å². The van der Waals surface area contributed by atoms with Crippen molar-refractivity contribution in [3.8, 4) is 0 Å². The van der Waals surface area contributed by atoms with Crippen LogP contribution in [0.3, 0.4) is 0 Å². The van der Waals surface area contributed by atoms with E-state index in [9.17, 15) is 9.59 Å². The van der Waals surface area contributed by atoms with Crippen LogP contribution in [0, 0.1) is 0 Å². The monoisotopic (exact) mass is 355 g/mol. The summed E-state index contributed by atoms with van der Waals surface area (Å²) in [4.78, 5) is 30.4. The number of amides is 3. The molecule has 0 aromatic rings. The quantitative estimate of drug-likeness (QED) is 0.676. The molecule has 0 aromatic heterocycles. The summed E-state index contributed by atoms with van der Waals surface area (Å²) in [5, 5.41) is 5.88. The molecule has 0 aliphatic carbocycles. The molecule has 0 aromatic carbocycles. The fraction of sp³-hybridized carbons (Fsp3) is 0.882. The average molecular weight is 355 g/mol. The molecule has 0 atom stereocenters. The maximum atomic E-state index is 12.4. The van der Waals surface area contributed by atoms with E-state index in [1.165, 1.54) is 0 Å². The Balaban J connectivity index is 1.70. The van der Waals surface area contributed by atoms with E-state index < -0.39 is 0 Å². The Labute approximate surface area is 150 Å². The lowest BCUT2D eigenvalue weighted by Crippen LogP contribution is -2.58. The Hall–Kier alpha value is -1.38. The van der Waals surface area contributed by atoms with Gasteiger partial charge in [-0.1, -0.05) is 0 Å². The van der Waals surface area contributed by atoms with E-state index in [0.29, 0.717) is 32.7 Å². The molecule has 0 spiro atoms. The zero-order chi connectivity index (χ0) is 18.3. The first-order valence-corrected chi connectivity index (χ1v) is 9.27. The summed E-state index contributed by atoms with van der Waals surface area (Å²) in [5.74, 6) is 0.0488. The van der Waals surface area contributed by atoms with E-state index >= 15 is 0 Å². The highest BCUT2D eigenvalue weighted by Gasteiger charge is 2.30. The molecule has 0 radical (unpaired) electrons. The molecule has 2 N–H and O–H groups in total. The van der Waals surface area contributed by atoms with Gasteiger partial charge in [0.2, 0.25) is 5.91 Å². The highest BCUT2D eigenvalue weighted by atomic mass is 16.5. The molecule has 2 saturated heterocycles. The summed E-state index contributed by atoms with van der Waals surface area (Å²) in [5.41, 5.74) is -0.0838. The van der Waals surface area contributed by atoms with Crippen LogP contribution in [0.25, 0.3) is 0 Å². The van der Waals surface area contributed by atoms with Crippen LogP contribution in [-0.4, -0.2) is 104 Å². The number of carbonyl (C=O) groups is 2. The Morgan fingerprint density at radius 3 is 2.24 bits per heavy atom. The van der Waals surface area contributed by atoms with Crippen molar-refractivity contribution in [2.24, 2.45) is 0 Å². The lowest BCUT2D eigenvalue weighted by molar-refractivity contribution is -0.122. The summed E-state index contributed by atoms with van der Waals surface area (Å²) in [6.45, 7) is 14.0. The second-order valence-corrected chi connectivity index (χ2v) is 7.29. The van der Waals surface area contributed by atoms with Gasteiger partial charge >= 0.3 is 6.03 Å². The molecule has 8 heteroatoms. The number of nitrogens with zero attached hydrogens (tertiary/aromatic N) is 3. The summed E-state index contributed by atoms with van der Waals surface area (Å²) in [7, 11) is 0. The van der Waals surface area contributed by atoms with Gasteiger partial charge in [0, 0.05) is 57.9 Å². The van der Waals surface area contributed by atoms with Crippen molar-refractivity contribution in [2.75, 3.05) is 72.1 Å². The fourth-order valence-corrected chi connectivity index (χ4v) is 3.25. The Morgan fingerprint density at radius 1 is 1.00 bits per heavy atom. The standard InChI is InChI=1S/C17H33N5O3/c1-4-18-15(23)13-20-5-7-21(8-6-20)16(24)19-14-17(2,3)22-9-11-25-12-10-22/h4-14H2,1-3H3,(H,18,23)(H,19,24). The normalized spacial score (nSPS) is 20.4. The molecular formula is C17H33N5O3. The Bertz CT molecular complexity index is 444. The van der Waals surface area contributed by atoms with Crippen molar-refractivity contribution < 1.29 is 14.3 Å². The first-order valence-electron chi connectivity index (χ1n) is 9.27. The van der Waals surface area contributed by atoms with Gasteiger partial charge in [-0.2, -0.15) is 0 Å². The predicted octanol–water partition coefficient (Wildman–Crippen LogP) is -0.439. The van der Waals surface area contributed by atoms with Gasteiger partial charge in [-0.15, -0.1) is 0 Å². The minimum absolute atomic E-state index is 0.0148.